The molecule has 1 unspecified atom stereocenters. The number of nitrogens with zero attached hydrogens (tertiary/aromatic N) is 2. The van der Waals surface area contributed by atoms with Crippen LogP contribution in [0.2, 0.25) is 0 Å². The standard InChI is InChI=1S/C19H21N3O2S2/c23-16(20-11-12-5-4-10-25-12)9-8-15-21-18(24)17-13-6-2-1-3-7-14(13)26-19(17)22-15/h4-5,10,17H,1-3,6-9,11H2,(H,20,23). The zero-order chi connectivity index (χ0) is 17.9. The van der Waals surface area contributed by atoms with Crippen LogP contribution in [-0.4, -0.2) is 22.7 Å². The van der Waals surface area contributed by atoms with Crippen LogP contribution in [0.15, 0.2) is 38.0 Å². The maximum atomic E-state index is 12.6. The lowest BCUT2D eigenvalue weighted by atomic mass is 9.94. The maximum Gasteiger partial charge on any atom is 0.261 e. The second kappa shape index (κ2) is 7.88. The number of thiophene rings is 1. The van der Waals surface area contributed by atoms with Gasteiger partial charge in [-0.1, -0.05) is 24.2 Å². The SMILES string of the molecule is O=C(CCC1=NC(=O)C2C(=N1)SC1=C2CCCCC1)NCc1cccs1. The largest absolute Gasteiger partial charge is 0.351 e. The van der Waals surface area contributed by atoms with Gasteiger partial charge in [-0.3, -0.25) is 9.59 Å². The topological polar surface area (TPSA) is 70.9 Å². The molecule has 1 aliphatic carbocycles. The van der Waals surface area contributed by atoms with Crippen molar-refractivity contribution in [3.63, 3.8) is 0 Å². The first-order chi connectivity index (χ1) is 12.7. The molecule has 3 heterocycles. The molecule has 4 rings (SSSR count). The molecule has 1 aromatic rings. The zero-order valence-corrected chi connectivity index (χ0v) is 16.1. The molecule has 5 nitrogen and oxygen atoms in total. The average molecular weight is 388 g/mol. The van der Waals surface area contributed by atoms with Gasteiger partial charge >= 0.3 is 0 Å². The molecule has 0 radical (unpaired) electrons. The summed E-state index contributed by atoms with van der Waals surface area (Å²) in [7, 11) is 0. The monoisotopic (exact) mass is 387 g/mol. The number of hydrogen-bond acceptors (Lipinski definition) is 5. The Morgan fingerprint density at radius 2 is 2.12 bits per heavy atom. The Balaban J connectivity index is 1.34. The molecule has 0 saturated heterocycles. The molecular formula is C19H21N3O2S2. The molecule has 1 aromatic heterocycles. The van der Waals surface area contributed by atoms with Gasteiger partial charge in [0.05, 0.1) is 11.6 Å². The van der Waals surface area contributed by atoms with Gasteiger partial charge in [-0.25, -0.2) is 4.99 Å². The van der Waals surface area contributed by atoms with E-state index < -0.39 is 0 Å². The van der Waals surface area contributed by atoms with Gasteiger partial charge in [0.25, 0.3) is 5.91 Å². The second-order valence-corrected chi connectivity index (χ2v) is 8.86. The molecule has 2 aliphatic heterocycles. The highest BCUT2D eigenvalue weighted by Crippen LogP contribution is 2.46. The van der Waals surface area contributed by atoms with Crippen molar-refractivity contribution in [1.82, 2.24) is 5.32 Å². The normalized spacial score (nSPS) is 22.3. The third-order valence-electron chi connectivity index (χ3n) is 4.87. The Morgan fingerprint density at radius 3 is 2.96 bits per heavy atom. The molecular weight excluding hydrogens is 366 g/mol. The number of allylic oxidation sites excluding steroid dienone is 1. The Morgan fingerprint density at radius 1 is 1.23 bits per heavy atom. The van der Waals surface area contributed by atoms with Gasteiger partial charge in [0.2, 0.25) is 5.91 Å². The molecule has 1 N–H and O–H groups in total. The summed E-state index contributed by atoms with van der Waals surface area (Å²) in [5, 5.41) is 5.77. The molecule has 0 spiro atoms. The number of rotatable bonds is 5. The van der Waals surface area contributed by atoms with Gasteiger partial charge in [-0.15, -0.1) is 11.3 Å². The minimum Gasteiger partial charge on any atom is -0.351 e. The van der Waals surface area contributed by atoms with E-state index in [0.29, 0.717) is 25.2 Å². The molecule has 0 aromatic carbocycles. The van der Waals surface area contributed by atoms with E-state index in [0.717, 1.165) is 29.2 Å². The number of hydrogen-bond donors (Lipinski definition) is 1. The highest BCUT2D eigenvalue weighted by atomic mass is 32.2. The summed E-state index contributed by atoms with van der Waals surface area (Å²) in [5.74, 6) is 0.134. The first kappa shape index (κ1) is 17.7. The third-order valence-corrected chi connectivity index (χ3v) is 7.00. The first-order valence-electron chi connectivity index (χ1n) is 9.09. The van der Waals surface area contributed by atoms with Gasteiger partial charge in [0.1, 0.15) is 11.8 Å². The molecule has 0 fully saturated rings. The van der Waals surface area contributed by atoms with E-state index in [1.54, 1.807) is 23.1 Å². The number of nitrogens with one attached hydrogen (secondary N) is 1. The van der Waals surface area contributed by atoms with E-state index >= 15 is 0 Å². The number of amidine groups is 1. The van der Waals surface area contributed by atoms with Crippen molar-refractivity contribution >= 4 is 45.8 Å². The van der Waals surface area contributed by atoms with Crippen molar-refractivity contribution in [1.29, 1.82) is 0 Å². The highest BCUT2D eigenvalue weighted by molar-refractivity contribution is 8.17. The summed E-state index contributed by atoms with van der Waals surface area (Å²) in [6.07, 6.45) is 6.34. The minimum absolute atomic E-state index is 0.0381. The Hall–Kier alpha value is -1.73. The molecule has 3 aliphatic rings. The molecule has 0 saturated carbocycles. The van der Waals surface area contributed by atoms with Gasteiger partial charge in [0.15, 0.2) is 0 Å². The Kier molecular flexibility index (Phi) is 5.36. The third kappa shape index (κ3) is 3.83. The predicted octanol–water partition coefficient (Wildman–Crippen LogP) is 4.06. The molecule has 0 bridgehead atoms. The number of carbonyl (C=O) groups is 2. The number of carbonyl (C=O) groups excluding carboxylic acids is 2. The van der Waals surface area contributed by atoms with Gasteiger partial charge in [-0.05, 0) is 47.6 Å². The van der Waals surface area contributed by atoms with Crippen LogP contribution >= 0.6 is 23.1 Å². The van der Waals surface area contributed by atoms with Gasteiger partial charge < -0.3 is 5.32 Å². The number of thioether (sulfide) groups is 1. The van der Waals surface area contributed by atoms with Crippen LogP contribution in [-0.2, 0) is 16.1 Å². The van der Waals surface area contributed by atoms with Crippen molar-refractivity contribution in [3.05, 3.63) is 32.9 Å². The Bertz CT molecular complexity index is 809. The lowest BCUT2D eigenvalue weighted by molar-refractivity contribution is -0.121. The lowest BCUT2D eigenvalue weighted by Gasteiger charge is -2.16. The van der Waals surface area contributed by atoms with Crippen LogP contribution in [0, 0.1) is 5.92 Å². The summed E-state index contributed by atoms with van der Waals surface area (Å²) in [4.78, 5) is 35.9. The number of amides is 2. The van der Waals surface area contributed by atoms with Crippen LogP contribution < -0.4 is 5.32 Å². The van der Waals surface area contributed by atoms with Crippen LogP contribution in [0.25, 0.3) is 0 Å². The first-order valence-corrected chi connectivity index (χ1v) is 10.8. The fraction of sp³-hybridized carbons (Fsp3) is 0.474. The van der Waals surface area contributed by atoms with E-state index in [1.807, 2.05) is 17.5 Å². The zero-order valence-electron chi connectivity index (χ0n) is 14.5. The predicted molar refractivity (Wildman–Crippen MR) is 106 cm³/mol. The van der Waals surface area contributed by atoms with Gasteiger partial charge in [0, 0.05) is 17.7 Å². The smallest absolute Gasteiger partial charge is 0.261 e. The lowest BCUT2D eigenvalue weighted by Crippen LogP contribution is -2.27. The van der Waals surface area contributed by atoms with Crippen molar-refractivity contribution in [3.8, 4) is 0 Å². The Labute approximate surface area is 161 Å². The van der Waals surface area contributed by atoms with Crippen molar-refractivity contribution in [2.45, 2.75) is 51.5 Å². The van der Waals surface area contributed by atoms with Crippen LogP contribution in [0.5, 0.6) is 0 Å². The molecule has 26 heavy (non-hydrogen) atoms. The number of aliphatic imine (C=N–C) groups is 2. The van der Waals surface area contributed by atoms with Crippen molar-refractivity contribution < 1.29 is 9.59 Å². The maximum absolute atomic E-state index is 12.6. The molecule has 1 atom stereocenters. The van der Waals surface area contributed by atoms with Gasteiger partial charge in [-0.2, -0.15) is 4.99 Å². The molecule has 7 heteroatoms. The second-order valence-electron chi connectivity index (χ2n) is 6.72. The van der Waals surface area contributed by atoms with Crippen molar-refractivity contribution in [2.75, 3.05) is 0 Å². The molecule has 136 valence electrons. The molecule has 2 amide bonds. The summed E-state index contributed by atoms with van der Waals surface area (Å²) in [6, 6.07) is 3.96. The van der Waals surface area contributed by atoms with Crippen LogP contribution in [0.3, 0.4) is 0 Å². The van der Waals surface area contributed by atoms with E-state index in [4.69, 9.17) is 0 Å². The highest BCUT2D eigenvalue weighted by Gasteiger charge is 2.39. The summed E-state index contributed by atoms with van der Waals surface area (Å²) in [5.41, 5.74) is 1.26. The van der Waals surface area contributed by atoms with Crippen molar-refractivity contribution in [2.24, 2.45) is 15.9 Å². The average Bonchev–Trinajstić information content (AvgIpc) is 3.21. The summed E-state index contributed by atoms with van der Waals surface area (Å²) < 4.78 is 0. The van der Waals surface area contributed by atoms with E-state index in [2.05, 4.69) is 15.3 Å². The van der Waals surface area contributed by atoms with E-state index in [9.17, 15) is 9.59 Å². The fourth-order valence-electron chi connectivity index (χ4n) is 3.54. The minimum atomic E-state index is -0.232. The number of fused-ring (bicyclic) bond motifs is 2. The van der Waals surface area contributed by atoms with E-state index in [1.165, 1.54) is 23.3 Å². The van der Waals surface area contributed by atoms with Crippen LogP contribution in [0.4, 0.5) is 0 Å². The summed E-state index contributed by atoms with van der Waals surface area (Å²) >= 11 is 3.29. The quantitative estimate of drug-likeness (QED) is 0.828. The fourth-order valence-corrected chi connectivity index (χ4v) is 5.55. The van der Waals surface area contributed by atoms with Crippen LogP contribution in [0.1, 0.15) is 49.8 Å². The summed E-state index contributed by atoms with van der Waals surface area (Å²) in [6.45, 7) is 0.547. The van der Waals surface area contributed by atoms with E-state index in [-0.39, 0.29) is 17.7 Å².